The third kappa shape index (κ3) is 2.48. The lowest BCUT2D eigenvalue weighted by molar-refractivity contribution is 0.108. The average Bonchev–Trinajstić information content (AvgIpc) is 2.88. The van der Waals surface area contributed by atoms with Gasteiger partial charge in [-0.3, -0.25) is 0 Å². The summed E-state index contributed by atoms with van der Waals surface area (Å²) in [5.41, 5.74) is 1.31. The van der Waals surface area contributed by atoms with E-state index in [1.54, 1.807) is 6.07 Å². The van der Waals surface area contributed by atoms with Crippen LogP contribution in [0.3, 0.4) is 0 Å². The summed E-state index contributed by atoms with van der Waals surface area (Å²) in [6.45, 7) is 0. The van der Waals surface area contributed by atoms with Crippen molar-refractivity contribution >= 4 is 12.4 Å². The largest absolute Gasteiger partial charge is 0.388 e. The molecule has 94 valence electrons. The lowest BCUT2D eigenvalue weighted by Gasteiger charge is -2.18. The molecule has 0 radical (unpaired) electrons. The van der Waals surface area contributed by atoms with Gasteiger partial charge in [-0.25, -0.2) is 4.39 Å². The molecule has 2 aliphatic carbocycles. The molecule has 1 nitrogen and oxygen atoms in total. The van der Waals surface area contributed by atoms with Gasteiger partial charge in [0.05, 0.1) is 6.10 Å². The first-order valence-electron chi connectivity index (χ1n) is 6.12. The fourth-order valence-corrected chi connectivity index (χ4v) is 3.12. The lowest BCUT2D eigenvalue weighted by atomic mass is 9.93. The zero-order valence-electron chi connectivity index (χ0n) is 9.73. The molecule has 2 aliphatic rings. The molecule has 1 aromatic rings. The van der Waals surface area contributed by atoms with Crippen LogP contribution in [0.2, 0.25) is 0 Å². The van der Waals surface area contributed by atoms with Gasteiger partial charge >= 0.3 is 0 Å². The number of aliphatic hydroxyl groups is 1. The van der Waals surface area contributed by atoms with Crippen LogP contribution in [0.5, 0.6) is 0 Å². The van der Waals surface area contributed by atoms with Gasteiger partial charge in [-0.1, -0.05) is 12.1 Å². The molecule has 17 heavy (non-hydrogen) atoms. The first kappa shape index (κ1) is 12.8. The maximum Gasteiger partial charge on any atom is 0.123 e. The zero-order chi connectivity index (χ0) is 11.2. The quantitative estimate of drug-likeness (QED) is 0.852. The summed E-state index contributed by atoms with van der Waals surface area (Å²) in [5.74, 6) is 0.0833. The van der Waals surface area contributed by atoms with E-state index >= 15 is 0 Å². The van der Waals surface area contributed by atoms with Crippen molar-refractivity contribution in [3.05, 3.63) is 35.6 Å². The van der Waals surface area contributed by atoms with Gasteiger partial charge < -0.3 is 5.11 Å². The molecule has 1 aromatic carbocycles. The van der Waals surface area contributed by atoms with Crippen molar-refractivity contribution in [2.45, 2.75) is 38.2 Å². The Hall–Kier alpha value is -0.600. The molecule has 1 N–H and O–H groups in total. The molecule has 0 saturated heterocycles. The van der Waals surface area contributed by atoms with Crippen molar-refractivity contribution in [2.24, 2.45) is 11.3 Å². The number of aliphatic hydroxyl groups excluding tert-OH is 1. The summed E-state index contributed by atoms with van der Waals surface area (Å²) in [6, 6.07) is 6.39. The van der Waals surface area contributed by atoms with Crippen molar-refractivity contribution in [3.8, 4) is 0 Å². The van der Waals surface area contributed by atoms with E-state index in [9.17, 15) is 9.50 Å². The monoisotopic (exact) mass is 256 g/mol. The second-order valence-electron chi connectivity index (χ2n) is 5.50. The van der Waals surface area contributed by atoms with Crippen LogP contribution in [0.15, 0.2) is 24.3 Å². The third-order valence-electron chi connectivity index (χ3n) is 4.33. The molecule has 3 rings (SSSR count). The van der Waals surface area contributed by atoms with E-state index in [1.807, 2.05) is 6.07 Å². The Morgan fingerprint density at radius 1 is 1.29 bits per heavy atom. The smallest absolute Gasteiger partial charge is 0.123 e. The van der Waals surface area contributed by atoms with Gasteiger partial charge in [-0.2, -0.15) is 0 Å². The van der Waals surface area contributed by atoms with E-state index in [1.165, 1.54) is 31.4 Å². The lowest BCUT2D eigenvalue weighted by Crippen LogP contribution is -2.10. The molecule has 2 saturated carbocycles. The maximum atomic E-state index is 13.1. The van der Waals surface area contributed by atoms with E-state index in [4.69, 9.17) is 0 Å². The van der Waals surface area contributed by atoms with Gasteiger partial charge in [0.25, 0.3) is 0 Å². The van der Waals surface area contributed by atoms with Crippen molar-refractivity contribution < 1.29 is 9.50 Å². The van der Waals surface area contributed by atoms with Crippen LogP contribution in [-0.2, 0) is 0 Å². The number of rotatable bonds is 2. The zero-order valence-corrected chi connectivity index (χ0v) is 10.5. The average molecular weight is 257 g/mol. The summed E-state index contributed by atoms with van der Waals surface area (Å²) in [4.78, 5) is 0. The number of halogens is 2. The molecule has 0 bridgehead atoms. The van der Waals surface area contributed by atoms with E-state index in [0.29, 0.717) is 11.3 Å². The van der Waals surface area contributed by atoms with E-state index in [0.717, 1.165) is 18.4 Å². The number of hydrogen-bond donors (Lipinski definition) is 1. The van der Waals surface area contributed by atoms with E-state index in [2.05, 4.69) is 0 Å². The molecule has 0 aliphatic heterocycles. The SMILES string of the molecule is Cl.O[C@@H](c1cccc(F)c1)[C@H]1CCC2(CC2)C1. The molecular weight excluding hydrogens is 239 g/mol. The molecule has 1 spiro atoms. The van der Waals surface area contributed by atoms with Gasteiger partial charge in [-0.15, -0.1) is 12.4 Å². The Morgan fingerprint density at radius 3 is 2.65 bits per heavy atom. The normalized spacial score (nSPS) is 26.6. The Labute approximate surface area is 107 Å². The van der Waals surface area contributed by atoms with Gasteiger partial charge in [0, 0.05) is 0 Å². The molecule has 0 unspecified atom stereocenters. The van der Waals surface area contributed by atoms with Crippen LogP contribution in [0.1, 0.15) is 43.8 Å². The summed E-state index contributed by atoms with van der Waals surface area (Å²) >= 11 is 0. The Balaban J connectivity index is 0.00000108. The van der Waals surface area contributed by atoms with Crippen molar-refractivity contribution in [3.63, 3.8) is 0 Å². The van der Waals surface area contributed by atoms with Crippen LogP contribution in [0.4, 0.5) is 4.39 Å². The predicted octanol–water partition coefficient (Wildman–Crippen LogP) is 3.86. The van der Waals surface area contributed by atoms with Crippen LogP contribution >= 0.6 is 12.4 Å². The predicted molar refractivity (Wildman–Crippen MR) is 67.6 cm³/mol. The van der Waals surface area contributed by atoms with E-state index < -0.39 is 6.10 Å². The van der Waals surface area contributed by atoms with Crippen LogP contribution in [0.25, 0.3) is 0 Å². The summed E-state index contributed by atoms with van der Waals surface area (Å²) in [6.07, 6.45) is 5.67. The van der Waals surface area contributed by atoms with E-state index in [-0.39, 0.29) is 18.2 Å². The van der Waals surface area contributed by atoms with Gasteiger partial charge in [0.15, 0.2) is 0 Å². The fourth-order valence-electron chi connectivity index (χ4n) is 3.12. The number of benzene rings is 1. The van der Waals surface area contributed by atoms with Crippen molar-refractivity contribution in [1.82, 2.24) is 0 Å². The fraction of sp³-hybridized carbons (Fsp3) is 0.571. The molecule has 3 heteroatoms. The van der Waals surface area contributed by atoms with Crippen LogP contribution < -0.4 is 0 Å². The Kier molecular flexibility index (Phi) is 3.46. The summed E-state index contributed by atoms with van der Waals surface area (Å²) in [5, 5.41) is 10.2. The minimum absolute atomic E-state index is 0. The van der Waals surface area contributed by atoms with Crippen LogP contribution in [-0.4, -0.2) is 5.11 Å². The topological polar surface area (TPSA) is 20.2 Å². The highest BCUT2D eigenvalue weighted by Gasteiger charge is 2.49. The van der Waals surface area contributed by atoms with Gasteiger partial charge in [0.2, 0.25) is 0 Å². The highest BCUT2D eigenvalue weighted by atomic mass is 35.5. The molecule has 2 fully saturated rings. The minimum Gasteiger partial charge on any atom is -0.388 e. The Bertz CT molecular complexity index is 403. The standard InChI is InChI=1S/C14H17FO.ClH/c15-12-3-1-2-10(8-12)13(16)11-4-5-14(9-11)6-7-14;/h1-3,8,11,13,16H,4-7,9H2;1H/t11-,13-;/m0./s1. The minimum atomic E-state index is -0.476. The second kappa shape index (κ2) is 4.58. The van der Waals surface area contributed by atoms with Crippen molar-refractivity contribution in [1.29, 1.82) is 0 Å². The van der Waals surface area contributed by atoms with Crippen LogP contribution in [0, 0.1) is 17.2 Å². The second-order valence-corrected chi connectivity index (χ2v) is 5.50. The third-order valence-corrected chi connectivity index (χ3v) is 4.33. The molecule has 2 atom stereocenters. The summed E-state index contributed by atoms with van der Waals surface area (Å²) in [7, 11) is 0. The first-order valence-corrected chi connectivity index (χ1v) is 6.12. The molecule has 0 aromatic heterocycles. The highest BCUT2D eigenvalue weighted by Crippen LogP contribution is 2.61. The van der Waals surface area contributed by atoms with Gasteiger partial charge in [-0.05, 0) is 61.1 Å². The maximum absolute atomic E-state index is 13.1. The number of hydrogen-bond acceptors (Lipinski definition) is 1. The highest BCUT2D eigenvalue weighted by molar-refractivity contribution is 5.85. The molecular formula is C14H18ClFO. The van der Waals surface area contributed by atoms with Gasteiger partial charge in [0.1, 0.15) is 5.82 Å². The molecule has 0 heterocycles. The first-order chi connectivity index (χ1) is 7.69. The summed E-state index contributed by atoms with van der Waals surface area (Å²) < 4.78 is 13.1. The molecule has 0 amide bonds. The van der Waals surface area contributed by atoms with Crippen molar-refractivity contribution in [2.75, 3.05) is 0 Å². The Morgan fingerprint density at radius 2 is 2.06 bits per heavy atom.